The van der Waals surface area contributed by atoms with Crippen LogP contribution in [0.5, 0.6) is 0 Å². The molecule has 0 aliphatic carbocycles. The Balaban J connectivity index is 2.31. The molecular formula is C11H9F2NOS. The van der Waals surface area contributed by atoms with E-state index in [1.807, 2.05) is 5.38 Å². The van der Waals surface area contributed by atoms with Crippen LogP contribution >= 0.6 is 11.3 Å². The number of hydrogen-bond acceptors (Lipinski definition) is 3. The zero-order valence-electron chi connectivity index (χ0n) is 8.54. The Labute approximate surface area is 95.5 Å². The second-order valence-electron chi connectivity index (χ2n) is 3.21. The van der Waals surface area contributed by atoms with Crippen molar-refractivity contribution in [3.63, 3.8) is 0 Å². The van der Waals surface area contributed by atoms with Crippen molar-refractivity contribution in [3.8, 4) is 10.6 Å². The Hall–Kier alpha value is -1.33. The van der Waals surface area contributed by atoms with Crippen LogP contribution in [0.1, 0.15) is 5.69 Å². The quantitative estimate of drug-likeness (QED) is 0.823. The predicted molar refractivity (Wildman–Crippen MR) is 58.2 cm³/mol. The van der Waals surface area contributed by atoms with Crippen molar-refractivity contribution in [2.24, 2.45) is 0 Å². The Kier molecular flexibility index (Phi) is 3.26. The Bertz CT molecular complexity index is 498. The van der Waals surface area contributed by atoms with Crippen LogP contribution in [-0.2, 0) is 11.3 Å². The molecular weight excluding hydrogens is 232 g/mol. The van der Waals surface area contributed by atoms with Gasteiger partial charge in [-0.1, -0.05) is 0 Å². The molecule has 0 aliphatic heterocycles. The van der Waals surface area contributed by atoms with E-state index < -0.39 is 11.6 Å². The van der Waals surface area contributed by atoms with Crippen LogP contribution in [0.3, 0.4) is 0 Å². The summed E-state index contributed by atoms with van der Waals surface area (Å²) in [6.45, 7) is 0.417. The van der Waals surface area contributed by atoms with E-state index in [9.17, 15) is 8.78 Å². The lowest BCUT2D eigenvalue weighted by Gasteiger charge is -1.97. The van der Waals surface area contributed by atoms with Gasteiger partial charge < -0.3 is 4.74 Å². The van der Waals surface area contributed by atoms with E-state index in [-0.39, 0.29) is 0 Å². The van der Waals surface area contributed by atoms with Gasteiger partial charge in [0.1, 0.15) is 5.01 Å². The first-order valence-corrected chi connectivity index (χ1v) is 5.47. The predicted octanol–water partition coefficient (Wildman–Crippen LogP) is 3.23. The number of aromatic nitrogens is 1. The van der Waals surface area contributed by atoms with Crippen LogP contribution in [0, 0.1) is 11.6 Å². The van der Waals surface area contributed by atoms with Crippen molar-refractivity contribution >= 4 is 11.3 Å². The minimum Gasteiger partial charge on any atom is -0.378 e. The van der Waals surface area contributed by atoms with Crippen LogP contribution in [0.2, 0.25) is 0 Å². The SMILES string of the molecule is COCc1csc(-c2ccc(F)c(F)c2)n1. The number of nitrogens with zero attached hydrogens (tertiary/aromatic N) is 1. The highest BCUT2D eigenvalue weighted by Gasteiger charge is 2.08. The maximum atomic E-state index is 13.0. The molecule has 0 aliphatic rings. The first kappa shape index (κ1) is 11.2. The Morgan fingerprint density at radius 1 is 1.31 bits per heavy atom. The summed E-state index contributed by atoms with van der Waals surface area (Å²) in [5.41, 5.74) is 1.36. The van der Waals surface area contributed by atoms with Crippen LogP contribution in [0.4, 0.5) is 8.78 Å². The number of rotatable bonds is 3. The third kappa shape index (κ3) is 2.25. The molecule has 0 unspecified atom stereocenters. The summed E-state index contributed by atoms with van der Waals surface area (Å²) in [7, 11) is 1.58. The van der Waals surface area contributed by atoms with Gasteiger partial charge in [-0.05, 0) is 18.2 Å². The molecule has 16 heavy (non-hydrogen) atoms. The fourth-order valence-electron chi connectivity index (χ4n) is 1.28. The van der Waals surface area contributed by atoms with Crippen molar-refractivity contribution < 1.29 is 13.5 Å². The van der Waals surface area contributed by atoms with Crippen LogP contribution in [0.15, 0.2) is 23.6 Å². The molecule has 0 fully saturated rings. The molecule has 5 heteroatoms. The van der Waals surface area contributed by atoms with Gasteiger partial charge >= 0.3 is 0 Å². The van der Waals surface area contributed by atoms with Gasteiger partial charge in [0.05, 0.1) is 12.3 Å². The largest absolute Gasteiger partial charge is 0.378 e. The molecule has 1 aromatic heterocycles. The summed E-state index contributed by atoms with van der Waals surface area (Å²) in [4.78, 5) is 4.25. The molecule has 0 saturated heterocycles. The van der Waals surface area contributed by atoms with Gasteiger partial charge in [0.2, 0.25) is 0 Å². The van der Waals surface area contributed by atoms with Crippen molar-refractivity contribution in [2.45, 2.75) is 6.61 Å². The van der Waals surface area contributed by atoms with Crippen LogP contribution in [0.25, 0.3) is 10.6 Å². The molecule has 84 valence electrons. The summed E-state index contributed by atoms with van der Waals surface area (Å²) in [5.74, 6) is -1.71. The van der Waals surface area contributed by atoms with Gasteiger partial charge in [0.15, 0.2) is 11.6 Å². The van der Waals surface area contributed by atoms with Crippen LogP contribution in [-0.4, -0.2) is 12.1 Å². The van der Waals surface area contributed by atoms with Crippen molar-refractivity contribution in [1.29, 1.82) is 0 Å². The molecule has 2 aromatic rings. The summed E-state index contributed by atoms with van der Waals surface area (Å²) in [6.07, 6.45) is 0. The molecule has 0 radical (unpaired) electrons. The van der Waals surface area contributed by atoms with Crippen molar-refractivity contribution in [3.05, 3.63) is 40.9 Å². The number of methoxy groups -OCH3 is 1. The van der Waals surface area contributed by atoms with Gasteiger partial charge in [-0.25, -0.2) is 13.8 Å². The molecule has 1 aromatic carbocycles. The smallest absolute Gasteiger partial charge is 0.159 e. The average Bonchev–Trinajstić information content (AvgIpc) is 2.71. The number of benzene rings is 1. The van der Waals surface area contributed by atoms with E-state index >= 15 is 0 Å². The van der Waals surface area contributed by atoms with Crippen molar-refractivity contribution in [2.75, 3.05) is 7.11 Å². The zero-order chi connectivity index (χ0) is 11.5. The number of hydrogen-bond donors (Lipinski definition) is 0. The van der Waals surface area contributed by atoms with Gasteiger partial charge in [0.25, 0.3) is 0 Å². The summed E-state index contributed by atoms with van der Waals surface area (Å²) >= 11 is 1.38. The molecule has 0 spiro atoms. The molecule has 0 N–H and O–H groups in total. The molecule has 2 nitrogen and oxygen atoms in total. The second-order valence-corrected chi connectivity index (χ2v) is 4.06. The first-order chi connectivity index (χ1) is 7.70. The monoisotopic (exact) mass is 241 g/mol. The second kappa shape index (κ2) is 4.67. The van der Waals surface area contributed by atoms with E-state index in [2.05, 4.69) is 4.98 Å². The number of thiazole rings is 1. The molecule has 1 heterocycles. The molecule has 0 amide bonds. The van der Waals surface area contributed by atoms with E-state index in [0.717, 1.165) is 17.8 Å². The third-order valence-electron chi connectivity index (χ3n) is 2.01. The average molecular weight is 241 g/mol. The molecule has 0 bridgehead atoms. The Morgan fingerprint density at radius 3 is 2.81 bits per heavy atom. The lowest BCUT2D eigenvalue weighted by molar-refractivity contribution is 0.182. The fraction of sp³-hybridized carbons (Fsp3) is 0.182. The van der Waals surface area contributed by atoms with E-state index in [4.69, 9.17) is 4.74 Å². The van der Waals surface area contributed by atoms with Crippen LogP contribution < -0.4 is 0 Å². The maximum absolute atomic E-state index is 13.0. The molecule has 0 atom stereocenters. The maximum Gasteiger partial charge on any atom is 0.159 e. The Morgan fingerprint density at radius 2 is 2.12 bits per heavy atom. The highest BCUT2D eigenvalue weighted by Crippen LogP contribution is 2.25. The zero-order valence-corrected chi connectivity index (χ0v) is 9.35. The third-order valence-corrected chi connectivity index (χ3v) is 2.95. The standard InChI is InChI=1S/C11H9F2NOS/c1-15-5-8-6-16-11(14-8)7-2-3-9(12)10(13)4-7/h2-4,6H,5H2,1H3. The first-order valence-electron chi connectivity index (χ1n) is 4.59. The molecule has 0 saturated carbocycles. The fourth-order valence-corrected chi connectivity index (χ4v) is 2.08. The summed E-state index contributed by atoms with van der Waals surface area (Å²) in [5, 5.41) is 2.49. The summed E-state index contributed by atoms with van der Waals surface area (Å²) < 4.78 is 30.7. The number of halogens is 2. The minimum atomic E-state index is -0.860. The van der Waals surface area contributed by atoms with E-state index in [1.54, 1.807) is 7.11 Å². The van der Waals surface area contributed by atoms with Crippen molar-refractivity contribution in [1.82, 2.24) is 4.98 Å². The molecule has 2 rings (SSSR count). The number of ether oxygens (including phenoxy) is 1. The van der Waals surface area contributed by atoms with E-state index in [1.165, 1.54) is 17.4 Å². The van der Waals surface area contributed by atoms with Gasteiger partial charge in [-0.3, -0.25) is 0 Å². The normalized spacial score (nSPS) is 10.7. The highest BCUT2D eigenvalue weighted by molar-refractivity contribution is 7.13. The van der Waals surface area contributed by atoms with Gasteiger partial charge in [0, 0.05) is 18.1 Å². The minimum absolute atomic E-state index is 0.417. The van der Waals surface area contributed by atoms with Gasteiger partial charge in [-0.2, -0.15) is 0 Å². The highest BCUT2D eigenvalue weighted by atomic mass is 32.1. The lowest BCUT2D eigenvalue weighted by Crippen LogP contribution is -1.88. The van der Waals surface area contributed by atoms with Gasteiger partial charge in [-0.15, -0.1) is 11.3 Å². The topological polar surface area (TPSA) is 22.1 Å². The lowest BCUT2D eigenvalue weighted by atomic mass is 10.2. The van der Waals surface area contributed by atoms with E-state index in [0.29, 0.717) is 17.2 Å². The summed E-state index contributed by atoms with van der Waals surface area (Å²) in [6, 6.07) is 3.75.